The van der Waals surface area contributed by atoms with E-state index >= 15 is 0 Å². The molecule has 1 aromatic carbocycles. The van der Waals surface area contributed by atoms with E-state index in [0.717, 1.165) is 29.9 Å². The first-order valence-corrected chi connectivity index (χ1v) is 7.55. The summed E-state index contributed by atoms with van der Waals surface area (Å²) in [6.45, 7) is 5.36. The summed E-state index contributed by atoms with van der Waals surface area (Å²) in [5.41, 5.74) is 8.52. The molecule has 0 fully saturated rings. The monoisotopic (exact) mass is 335 g/mol. The van der Waals surface area contributed by atoms with Crippen LogP contribution in [0.4, 0.5) is 0 Å². The second-order valence-electron chi connectivity index (χ2n) is 5.19. The quantitative estimate of drug-likeness (QED) is 0.930. The van der Waals surface area contributed by atoms with Crippen LogP contribution in [0.25, 0.3) is 0 Å². The molecular formula is C14H18BrN5. The average molecular weight is 336 g/mol. The van der Waals surface area contributed by atoms with E-state index in [4.69, 9.17) is 5.73 Å². The van der Waals surface area contributed by atoms with E-state index < -0.39 is 0 Å². The summed E-state index contributed by atoms with van der Waals surface area (Å²) in [5, 5.41) is 8.14. The molecule has 1 aromatic heterocycles. The number of rotatable bonds is 3. The zero-order chi connectivity index (χ0) is 14.1. The smallest absolute Gasteiger partial charge is 0.147 e. The highest BCUT2D eigenvalue weighted by atomic mass is 79.9. The van der Waals surface area contributed by atoms with Crippen LogP contribution in [0.3, 0.4) is 0 Å². The Bertz CT molecular complexity index is 609. The van der Waals surface area contributed by atoms with Crippen LogP contribution in [0.2, 0.25) is 0 Å². The summed E-state index contributed by atoms with van der Waals surface area (Å²) in [7, 11) is 0. The van der Waals surface area contributed by atoms with Crippen molar-refractivity contribution in [2.24, 2.45) is 5.73 Å². The highest BCUT2D eigenvalue weighted by Gasteiger charge is 2.26. The molecule has 106 valence electrons. The van der Waals surface area contributed by atoms with Crippen LogP contribution >= 0.6 is 15.9 Å². The number of halogens is 1. The van der Waals surface area contributed by atoms with Gasteiger partial charge in [0.1, 0.15) is 12.2 Å². The van der Waals surface area contributed by atoms with Gasteiger partial charge in [-0.15, -0.1) is 10.2 Å². The van der Waals surface area contributed by atoms with Crippen LogP contribution < -0.4 is 5.73 Å². The third-order valence-electron chi connectivity index (χ3n) is 3.85. The van der Waals surface area contributed by atoms with E-state index in [9.17, 15) is 0 Å². The molecule has 5 nitrogen and oxygen atoms in total. The first kappa shape index (κ1) is 13.7. The fraction of sp³-hybridized carbons (Fsp3) is 0.429. The van der Waals surface area contributed by atoms with Crippen LogP contribution in [0.1, 0.15) is 23.0 Å². The number of nitrogens with zero attached hydrogens (tertiary/aromatic N) is 4. The minimum absolute atomic E-state index is 0.204. The van der Waals surface area contributed by atoms with Gasteiger partial charge in [0.05, 0.1) is 6.54 Å². The van der Waals surface area contributed by atoms with E-state index in [2.05, 4.69) is 60.7 Å². The third kappa shape index (κ3) is 2.51. The maximum Gasteiger partial charge on any atom is 0.147 e. The number of fused-ring (bicyclic) bond motifs is 1. The molecule has 0 aliphatic carbocycles. The number of hydrogen-bond acceptors (Lipinski definition) is 4. The summed E-state index contributed by atoms with van der Waals surface area (Å²) >= 11 is 3.66. The van der Waals surface area contributed by atoms with Gasteiger partial charge in [-0.2, -0.15) is 0 Å². The van der Waals surface area contributed by atoms with Crippen molar-refractivity contribution in [2.45, 2.75) is 26.1 Å². The zero-order valence-corrected chi connectivity index (χ0v) is 13.0. The van der Waals surface area contributed by atoms with Crippen LogP contribution in [0.15, 0.2) is 29.0 Å². The average Bonchev–Trinajstić information content (AvgIpc) is 2.89. The highest BCUT2D eigenvalue weighted by Crippen LogP contribution is 2.30. The fourth-order valence-electron chi connectivity index (χ4n) is 2.73. The van der Waals surface area contributed by atoms with Crippen LogP contribution in [-0.2, 0) is 13.1 Å². The van der Waals surface area contributed by atoms with E-state index in [1.807, 2.05) is 0 Å². The molecule has 0 amide bonds. The van der Waals surface area contributed by atoms with Crippen molar-refractivity contribution in [1.82, 2.24) is 19.7 Å². The molecule has 3 rings (SSSR count). The first-order chi connectivity index (χ1) is 9.69. The maximum atomic E-state index is 6.03. The van der Waals surface area contributed by atoms with Crippen molar-refractivity contribution in [3.8, 4) is 0 Å². The molecule has 0 radical (unpaired) electrons. The molecule has 1 unspecified atom stereocenters. The van der Waals surface area contributed by atoms with Gasteiger partial charge in [-0.25, -0.2) is 0 Å². The molecule has 2 heterocycles. The number of benzene rings is 1. The van der Waals surface area contributed by atoms with Gasteiger partial charge in [0, 0.05) is 30.1 Å². The van der Waals surface area contributed by atoms with Gasteiger partial charge in [0.2, 0.25) is 0 Å². The molecule has 0 saturated carbocycles. The Morgan fingerprint density at radius 3 is 3.00 bits per heavy atom. The molecule has 2 N–H and O–H groups in total. The highest BCUT2D eigenvalue weighted by molar-refractivity contribution is 9.10. The summed E-state index contributed by atoms with van der Waals surface area (Å²) < 4.78 is 3.23. The SMILES string of the molecule is Cc1ccc(C(CN)N2CCn3cnnc3C2)c(Br)c1. The molecule has 20 heavy (non-hydrogen) atoms. The first-order valence-electron chi connectivity index (χ1n) is 6.76. The second-order valence-corrected chi connectivity index (χ2v) is 6.04. The number of nitrogens with two attached hydrogens (primary N) is 1. The number of aryl methyl sites for hydroxylation is 1. The summed E-state index contributed by atoms with van der Waals surface area (Å²) in [6, 6.07) is 6.64. The van der Waals surface area contributed by atoms with Crippen molar-refractivity contribution in [3.05, 3.63) is 46.0 Å². The molecule has 1 aliphatic rings. The van der Waals surface area contributed by atoms with Crippen molar-refractivity contribution in [2.75, 3.05) is 13.1 Å². The molecule has 1 aliphatic heterocycles. The normalized spacial score (nSPS) is 16.9. The van der Waals surface area contributed by atoms with Gasteiger partial charge in [0.25, 0.3) is 0 Å². The van der Waals surface area contributed by atoms with Crippen LogP contribution in [0, 0.1) is 6.92 Å². The minimum atomic E-state index is 0.204. The van der Waals surface area contributed by atoms with Crippen LogP contribution in [0.5, 0.6) is 0 Å². The summed E-state index contributed by atoms with van der Waals surface area (Å²) in [5.74, 6) is 1.01. The van der Waals surface area contributed by atoms with Gasteiger partial charge >= 0.3 is 0 Å². The molecule has 0 bridgehead atoms. The van der Waals surface area contributed by atoms with Crippen molar-refractivity contribution >= 4 is 15.9 Å². The fourth-order valence-corrected chi connectivity index (χ4v) is 3.48. The van der Waals surface area contributed by atoms with Crippen molar-refractivity contribution < 1.29 is 0 Å². The van der Waals surface area contributed by atoms with E-state index in [-0.39, 0.29) is 6.04 Å². The Labute approximate surface area is 126 Å². The Morgan fingerprint density at radius 1 is 1.40 bits per heavy atom. The largest absolute Gasteiger partial charge is 0.329 e. The Morgan fingerprint density at radius 2 is 2.25 bits per heavy atom. The topological polar surface area (TPSA) is 60.0 Å². The minimum Gasteiger partial charge on any atom is -0.329 e. The van der Waals surface area contributed by atoms with E-state index in [0.29, 0.717) is 6.54 Å². The Hall–Kier alpha value is -1.24. The molecular weight excluding hydrogens is 318 g/mol. The Kier molecular flexibility index (Phi) is 3.87. The summed E-state index contributed by atoms with van der Waals surface area (Å²) in [6.07, 6.45) is 1.80. The van der Waals surface area contributed by atoms with Gasteiger partial charge in [0.15, 0.2) is 0 Å². The molecule has 0 saturated heterocycles. The predicted molar refractivity (Wildman–Crippen MR) is 81.1 cm³/mol. The van der Waals surface area contributed by atoms with Gasteiger partial charge in [-0.05, 0) is 24.1 Å². The van der Waals surface area contributed by atoms with Crippen molar-refractivity contribution in [1.29, 1.82) is 0 Å². The lowest BCUT2D eigenvalue weighted by Crippen LogP contribution is -2.39. The predicted octanol–water partition coefficient (Wildman–Crippen LogP) is 1.86. The van der Waals surface area contributed by atoms with Crippen LogP contribution in [-0.4, -0.2) is 32.8 Å². The lowest BCUT2D eigenvalue weighted by Gasteiger charge is -2.34. The van der Waals surface area contributed by atoms with Crippen molar-refractivity contribution in [3.63, 3.8) is 0 Å². The van der Waals surface area contributed by atoms with Gasteiger partial charge in [-0.1, -0.05) is 28.1 Å². The van der Waals surface area contributed by atoms with Gasteiger partial charge in [-0.3, -0.25) is 4.90 Å². The lowest BCUT2D eigenvalue weighted by molar-refractivity contribution is 0.156. The third-order valence-corrected chi connectivity index (χ3v) is 4.53. The molecule has 6 heteroatoms. The standard InChI is InChI=1S/C14H18BrN5/c1-10-2-3-11(12(15)6-10)13(7-16)19-4-5-20-9-17-18-14(20)8-19/h2-3,6,9,13H,4-5,7-8,16H2,1H3. The second kappa shape index (κ2) is 5.63. The molecule has 0 spiro atoms. The number of hydrogen-bond donors (Lipinski definition) is 1. The maximum absolute atomic E-state index is 6.03. The zero-order valence-electron chi connectivity index (χ0n) is 11.5. The summed E-state index contributed by atoms with van der Waals surface area (Å²) in [4.78, 5) is 2.37. The van der Waals surface area contributed by atoms with Gasteiger partial charge < -0.3 is 10.3 Å². The number of aromatic nitrogens is 3. The van der Waals surface area contributed by atoms with E-state index in [1.165, 1.54) is 11.1 Å². The van der Waals surface area contributed by atoms with E-state index in [1.54, 1.807) is 6.33 Å². The molecule has 1 atom stereocenters. The lowest BCUT2D eigenvalue weighted by atomic mass is 10.0. The Balaban J connectivity index is 1.87. The molecule has 2 aromatic rings.